The predicted octanol–water partition coefficient (Wildman–Crippen LogP) is 6.57. The summed E-state index contributed by atoms with van der Waals surface area (Å²) in [5.74, 6) is 0.953. The Hall–Kier alpha value is -3.78. The minimum Gasteiger partial charge on any atom is -0.362 e. The lowest BCUT2D eigenvalue weighted by molar-refractivity contribution is 0.393. The van der Waals surface area contributed by atoms with E-state index < -0.39 is 0 Å². The molecular formula is C25H22ClFN6O. The number of aromatic amines is 1. The maximum atomic E-state index is 14.4. The van der Waals surface area contributed by atoms with Gasteiger partial charge in [0, 0.05) is 10.6 Å². The van der Waals surface area contributed by atoms with Crippen LogP contribution in [0.4, 0.5) is 10.2 Å². The Balaban J connectivity index is 1.76. The second kappa shape index (κ2) is 8.53. The van der Waals surface area contributed by atoms with Crippen LogP contribution in [-0.2, 0) is 0 Å². The average molecular weight is 477 g/mol. The van der Waals surface area contributed by atoms with Gasteiger partial charge in [0.05, 0.1) is 18.1 Å². The standard InChI is InChI=1S/C25H22ClFN6O/c1-12-19(26)9-18(13(2)32-25-23-24(29-10-28-23)30-11-31-25)22(16-6-5-7-17(27)8-16)20(12)21-14(3)33-34-15(21)4/h5-11,13H,1-4H3,(H2,28,29,30,31,32). The number of anilines is 1. The second-order valence-corrected chi connectivity index (χ2v) is 8.63. The number of nitrogens with one attached hydrogen (secondary N) is 2. The number of hydrogen-bond acceptors (Lipinski definition) is 6. The van der Waals surface area contributed by atoms with Crippen molar-refractivity contribution in [3.63, 3.8) is 0 Å². The summed E-state index contributed by atoms with van der Waals surface area (Å²) in [7, 11) is 0. The monoisotopic (exact) mass is 476 g/mol. The molecule has 0 aliphatic rings. The first kappa shape index (κ1) is 22.0. The summed E-state index contributed by atoms with van der Waals surface area (Å²) in [5.41, 5.74) is 7.05. The van der Waals surface area contributed by atoms with E-state index in [-0.39, 0.29) is 11.9 Å². The number of benzene rings is 2. The second-order valence-electron chi connectivity index (χ2n) is 8.22. The molecule has 2 N–H and O–H groups in total. The van der Waals surface area contributed by atoms with E-state index in [1.54, 1.807) is 12.4 Å². The van der Waals surface area contributed by atoms with Crippen LogP contribution in [0.3, 0.4) is 0 Å². The Bertz CT molecular complexity index is 1510. The predicted molar refractivity (Wildman–Crippen MR) is 130 cm³/mol. The third-order valence-corrected chi connectivity index (χ3v) is 6.39. The maximum Gasteiger partial charge on any atom is 0.182 e. The van der Waals surface area contributed by atoms with Crippen molar-refractivity contribution in [2.45, 2.75) is 33.7 Å². The highest BCUT2D eigenvalue weighted by atomic mass is 35.5. The lowest BCUT2D eigenvalue weighted by Crippen LogP contribution is -2.11. The highest BCUT2D eigenvalue weighted by Gasteiger charge is 2.26. The first-order valence-corrected chi connectivity index (χ1v) is 11.2. The summed E-state index contributed by atoms with van der Waals surface area (Å²) in [5, 5.41) is 8.19. The van der Waals surface area contributed by atoms with Crippen LogP contribution in [0.25, 0.3) is 33.4 Å². The Kier molecular flexibility index (Phi) is 5.53. The molecule has 0 bridgehead atoms. The molecule has 0 radical (unpaired) electrons. The molecule has 7 nitrogen and oxygen atoms in total. The van der Waals surface area contributed by atoms with Crippen molar-refractivity contribution >= 4 is 28.6 Å². The number of imidazole rings is 1. The molecular weight excluding hydrogens is 455 g/mol. The van der Waals surface area contributed by atoms with Gasteiger partial charge in [-0.05, 0) is 73.7 Å². The first-order valence-electron chi connectivity index (χ1n) is 10.8. The molecule has 0 aliphatic carbocycles. The number of aromatic nitrogens is 5. The number of fused-ring (bicyclic) bond motifs is 1. The number of aryl methyl sites for hydroxylation is 2. The normalized spacial score (nSPS) is 12.3. The minimum atomic E-state index is -0.323. The Labute approximate surface area is 200 Å². The molecule has 0 saturated heterocycles. The summed E-state index contributed by atoms with van der Waals surface area (Å²) >= 11 is 6.76. The molecule has 0 aliphatic heterocycles. The molecule has 3 aromatic heterocycles. The van der Waals surface area contributed by atoms with Crippen LogP contribution in [-0.4, -0.2) is 25.1 Å². The summed E-state index contributed by atoms with van der Waals surface area (Å²) in [6, 6.07) is 8.21. The smallest absolute Gasteiger partial charge is 0.182 e. The van der Waals surface area contributed by atoms with E-state index in [1.165, 1.54) is 18.5 Å². The molecule has 5 aromatic rings. The van der Waals surface area contributed by atoms with E-state index >= 15 is 0 Å². The van der Waals surface area contributed by atoms with E-state index in [2.05, 4.69) is 30.4 Å². The average Bonchev–Trinajstić information content (AvgIpc) is 3.42. The number of halogens is 2. The van der Waals surface area contributed by atoms with Crippen LogP contribution in [0.15, 0.2) is 47.5 Å². The zero-order chi connectivity index (χ0) is 24.0. The van der Waals surface area contributed by atoms with Crippen LogP contribution >= 0.6 is 11.6 Å². The number of H-pyrrole nitrogens is 1. The van der Waals surface area contributed by atoms with E-state index in [0.717, 1.165) is 39.1 Å². The van der Waals surface area contributed by atoms with Gasteiger partial charge in [0.1, 0.15) is 23.4 Å². The molecule has 9 heteroatoms. The molecule has 0 saturated carbocycles. The molecule has 34 heavy (non-hydrogen) atoms. The Morgan fingerprint density at radius 2 is 1.88 bits per heavy atom. The van der Waals surface area contributed by atoms with Gasteiger partial charge < -0.3 is 14.8 Å². The fourth-order valence-electron chi connectivity index (χ4n) is 4.37. The fourth-order valence-corrected chi connectivity index (χ4v) is 4.59. The molecule has 3 heterocycles. The highest BCUT2D eigenvalue weighted by molar-refractivity contribution is 6.32. The van der Waals surface area contributed by atoms with Gasteiger partial charge in [-0.25, -0.2) is 19.3 Å². The van der Waals surface area contributed by atoms with Crippen molar-refractivity contribution < 1.29 is 8.91 Å². The van der Waals surface area contributed by atoms with Crippen molar-refractivity contribution in [3.05, 3.63) is 76.4 Å². The third-order valence-electron chi connectivity index (χ3n) is 5.99. The molecule has 2 aromatic carbocycles. The third kappa shape index (κ3) is 3.70. The summed E-state index contributed by atoms with van der Waals surface area (Å²) < 4.78 is 19.9. The van der Waals surface area contributed by atoms with E-state index in [1.807, 2.05) is 39.8 Å². The summed E-state index contributed by atoms with van der Waals surface area (Å²) in [6.07, 6.45) is 3.04. The van der Waals surface area contributed by atoms with Crippen LogP contribution in [0.1, 0.15) is 35.5 Å². The lowest BCUT2D eigenvalue weighted by Gasteiger charge is -2.24. The van der Waals surface area contributed by atoms with Gasteiger partial charge in [0.15, 0.2) is 11.5 Å². The van der Waals surface area contributed by atoms with Crippen LogP contribution in [0.5, 0.6) is 0 Å². The topological polar surface area (TPSA) is 92.5 Å². The van der Waals surface area contributed by atoms with Crippen molar-refractivity contribution in [1.29, 1.82) is 0 Å². The summed E-state index contributed by atoms with van der Waals surface area (Å²) in [4.78, 5) is 15.8. The fraction of sp³-hybridized carbons (Fsp3) is 0.200. The zero-order valence-corrected chi connectivity index (χ0v) is 19.8. The van der Waals surface area contributed by atoms with Crippen LogP contribution in [0, 0.1) is 26.6 Å². The first-order chi connectivity index (χ1) is 16.3. The van der Waals surface area contributed by atoms with Crippen molar-refractivity contribution in [3.8, 4) is 22.3 Å². The molecule has 1 atom stereocenters. The number of hydrogen-bond donors (Lipinski definition) is 2. The van der Waals surface area contributed by atoms with Gasteiger partial charge in [0.25, 0.3) is 0 Å². The zero-order valence-electron chi connectivity index (χ0n) is 19.1. The highest BCUT2D eigenvalue weighted by Crippen LogP contribution is 2.45. The lowest BCUT2D eigenvalue weighted by atomic mass is 9.84. The van der Waals surface area contributed by atoms with E-state index in [9.17, 15) is 4.39 Å². The van der Waals surface area contributed by atoms with E-state index in [4.69, 9.17) is 16.1 Å². The molecule has 172 valence electrons. The molecule has 0 fully saturated rings. The Morgan fingerprint density at radius 1 is 1.06 bits per heavy atom. The van der Waals surface area contributed by atoms with E-state index in [0.29, 0.717) is 27.8 Å². The van der Waals surface area contributed by atoms with Gasteiger partial charge in [0.2, 0.25) is 0 Å². The van der Waals surface area contributed by atoms with Gasteiger partial charge >= 0.3 is 0 Å². The van der Waals surface area contributed by atoms with Gasteiger partial charge in [-0.2, -0.15) is 0 Å². The summed E-state index contributed by atoms with van der Waals surface area (Å²) in [6.45, 7) is 7.71. The van der Waals surface area contributed by atoms with Crippen molar-refractivity contribution in [1.82, 2.24) is 25.1 Å². The van der Waals surface area contributed by atoms with Crippen LogP contribution < -0.4 is 5.32 Å². The molecule has 5 rings (SSSR count). The van der Waals surface area contributed by atoms with Gasteiger partial charge in [-0.3, -0.25) is 0 Å². The number of nitrogens with zero attached hydrogens (tertiary/aromatic N) is 4. The molecule has 1 unspecified atom stereocenters. The number of rotatable bonds is 5. The van der Waals surface area contributed by atoms with Gasteiger partial charge in [-0.15, -0.1) is 0 Å². The van der Waals surface area contributed by atoms with Crippen molar-refractivity contribution in [2.75, 3.05) is 5.32 Å². The van der Waals surface area contributed by atoms with Crippen molar-refractivity contribution in [2.24, 2.45) is 0 Å². The molecule has 0 spiro atoms. The SMILES string of the molecule is Cc1noc(C)c1-c1c(C)c(Cl)cc(C(C)Nc2ncnc3nc[nH]c23)c1-c1cccc(F)c1. The van der Waals surface area contributed by atoms with Crippen LogP contribution in [0.2, 0.25) is 5.02 Å². The maximum absolute atomic E-state index is 14.4. The minimum absolute atomic E-state index is 0.253. The largest absolute Gasteiger partial charge is 0.362 e. The molecule has 0 amide bonds. The van der Waals surface area contributed by atoms with Gasteiger partial charge in [-0.1, -0.05) is 28.9 Å². The Morgan fingerprint density at radius 3 is 2.62 bits per heavy atom. The quantitative estimate of drug-likeness (QED) is 0.298.